The predicted octanol–water partition coefficient (Wildman–Crippen LogP) is 4.48. The van der Waals surface area contributed by atoms with E-state index >= 15 is 0 Å². The van der Waals surface area contributed by atoms with Gasteiger partial charge in [0, 0.05) is 10.9 Å². The van der Waals surface area contributed by atoms with Gasteiger partial charge in [-0.3, -0.25) is 0 Å². The maximum Gasteiger partial charge on any atom is 0.354 e. The molecule has 25 heavy (non-hydrogen) atoms. The van der Waals surface area contributed by atoms with E-state index in [2.05, 4.69) is 0 Å². The normalized spacial score (nSPS) is 10.9. The Morgan fingerprint density at radius 2 is 1.88 bits per heavy atom. The highest BCUT2D eigenvalue weighted by Crippen LogP contribution is 2.33. The van der Waals surface area contributed by atoms with Gasteiger partial charge in [-0.05, 0) is 55.5 Å². The molecule has 0 saturated carbocycles. The van der Waals surface area contributed by atoms with Gasteiger partial charge in [0.15, 0.2) is 0 Å². The van der Waals surface area contributed by atoms with Gasteiger partial charge < -0.3 is 13.6 Å². The van der Waals surface area contributed by atoms with Crippen molar-refractivity contribution in [3.05, 3.63) is 64.5 Å². The first-order valence-corrected chi connectivity index (χ1v) is 7.83. The average molecular weight is 331 g/mol. The lowest BCUT2D eigenvalue weighted by molar-refractivity contribution is 0.340. The number of fused-ring (bicyclic) bond motifs is 3. The summed E-state index contributed by atoms with van der Waals surface area (Å²) in [5, 5.41) is 10.3. The molecule has 2 aromatic carbocycles. The summed E-state index contributed by atoms with van der Waals surface area (Å²) in [5.74, 6) is 1.46. The Morgan fingerprint density at radius 1 is 1.08 bits per heavy atom. The van der Waals surface area contributed by atoms with Gasteiger partial charge in [-0.1, -0.05) is 0 Å². The van der Waals surface area contributed by atoms with Crippen molar-refractivity contribution in [1.29, 1.82) is 5.26 Å². The van der Waals surface area contributed by atoms with Gasteiger partial charge in [-0.2, -0.15) is 5.26 Å². The smallest absolute Gasteiger partial charge is 0.354 e. The highest BCUT2D eigenvalue weighted by atomic mass is 16.5. The van der Waals surface area contributed by atoms with Gasteiger partial charge in [0.2, 0.25) is 0 Å². The number of nitrogens with zero attached hydrogens (tertiary/aromatic N) is 1. The summed E-state index contributed by atoms with van der Waals surface area (Å²) in [6.45, 7) is 2.55. The third-order valence-electron chi connectivity index (χ3n) is 3.97. The van der Waals surface area contributed by atoms with Crippen LogP contribution in [0.25, 0.3) is 33.3 Å². The summed E-state index contributed by atoms with van der Waals surface area (Å²) >= 11 is 0. The topological polar surface area (TPSA) is 76.4 Å². The van der Waals surface area contributed by atoms with Crippen LogP contribution >= 0.6 is 0 Å². The molecule has 0 aliphatic rings. The summed E-state index contributed by atoms with van der Waals surface area (Å²) in [6, 6.07) is 16.4. The van der Waals surface area contributed by atoms with Crippen LogP contribution in [0.5, 0.6) is 5.75 Å². The molecule has 0 unspecified atom stereocenters. The van der Waals surface area contributed by atoms with E-state index in [9.17, 15) is 4.79 Å². The van der Waals surface area contributed by atoms with Gasteiger partial charge in [-0.15, -0.1) is 0 Å². The van der Waals surface area contributed by atoms with Crippen molar-refractivity contribution in [1.82, 2.24) is 0 Å². The summed E-state index contributed by atoms with van der Waals surface area (Å²) in [7, 11) is 0. The van der Waals surface area contributed by atoms with E-state index in [1.54, 1.807) is 12.1 Å². The zero-order chi connectivity index (χ0) is 17.4. The van der Waals surface area contributed by atoms with E-state index in [1.165, 1.54) is 6.07 Å². The zero-order valence-electron chi connectivity index (χ0n) is 13.4. The molecule has 2 aromatic heterocycles. The molecule has 5 heteroatoms. The van der Waals surface area contributed by atoms with Gasteiger partial charge in [0.25, 0.3) is 0 Å². The highest BCUT2D eigenvalue weighted by Gasteiger charge is 2.13. The van der Waals surface area contributed by atoms with Crippen LogP contribution in [-0.4, -0.2) is 6.61 Å². The van der Waals surface area contributed by atoms with E-state index in [1.807, 2.05) is 43.3 Å². The van der Waals surface area contributed by atoms with Gasteiger partial charge >= 0.3 is 5.63 Å². The zero-order valence-corrected chi connectivity index (χ0v) is 13.4. The highest BCUT2D eigenvalue weighted by molar-refractivity contribution is 6.03. The van der Waals surface area contributed by atoms with Crippen LogP contribution in [-0.2, 0) is 0 Å². The summed E-state index contributed by atoms with van der Waals surface area (Å²) in [5.41, 5.74) is 1.27. The van der Waals surface area contributed by atoms with Gasteiger partial charge in [-0.25, -0.2) is 4.79 Å². The van der Waals surface area contributed by atoms with Crippen molar-refractivity contribution < 1.29 is 13.6 Å². The predicted molar refractivity (Wildman–Crippen MR) is 93.6 cm³/mol. The first kappa shape index (κ1) is 15.0. The Hall–Kier alpha value is -3.52. The molecule has 0 atom stereocenters. The van der Waals surface area contributed by atoms with Crippen molar-refractivity contribution in [3.8, 4) is 23.1 Å². The number of hydrogen-bond acceptors (Lipinski definition) is 5. The number of benzene rings is 2. The minimum absolute atomic E-state index is 0.0120. The third kappa shape index (κ3) is 2.54. The van der Waals surface area contributed by atoms with Crippen LogP contribution in [0.1, 0.15) is 12.5 Å². The summed E-state index contributed by atoms with van der Waals surface area (Å²) < 4.78 is 16.7. The standard InChI is InChI=1S/C20H13NO4/c1-2-23-15-6-3-12(4-7-15)18-10-16-17(24-18)8-5-13-9-14(11-21)20(22)25-19(13)16/h3-10H,2H2,1H3. The summed E-state index contributed by atoms with van der Waals surface area (Å²) in [6.07, 6.45) is 0. The van der Waals surface area contributed by atoms with Crippen molar-refractivity contribution in [2.45, 2.75) is 6.92 Å². The number of nitriles is 1. The van der Waals surface area contributed by atoms with E-state index in [4.69, 9.17) is 18.8 Å². The average Bonchev–Trinajstić information content (AvgIpc) is 3.07. The number of furan rings is 1. The molecule has 0 saturated heterocycles. The number of ether oxygens (including phenoxy) is 1. The van der Waals surface area contributed by atoms with Crippen LogP contribution < -0.4 is 10.4 Å². The molecular formula is C20H13NO4. The first-order chi connectivity index (χ1) is 12.2. The molecule has 0 amide bonds. The lowest BCUT2D eigenvalue weighted by atomic mass is 10.1. The minimum Gasteiger partial charge on any atom is -0.494 e. The molecule has 0 spiro atoms. The Labute approximate surface area is 142 Å². The molecule has 0 bridgehead atoms. The monoisotopic (exact) mass is 331 g/mol. The van der Waals surface area contributed by atoms with E-state index in [0.29, 0.717) is 34.3 Å². The van der Waals surface area contributed by atoms with Gasteiger partial charge in [0.1, 0.15) is 34.3 Å². The Morgan fingerprint density at radius 3 is 2.60 bits per heavy atom. The molecule has 0 N–H and O–H groups in total. The maximum atomic E-state index is 11.9. The van der Waals surface area contributed by atoms with E-state index in [0.717, 1.165) is 11.3 Å². The maximum absolute atomic E-state index is 11.9. The second-order valence-electron chi connectivity index (χ2n) is 5.52. The fourth-order valence-corrected chi connectivity index (χ4v) is 2.79. The number of rotatable bonds is 3. The third-order valence-corrected chi connectivity index (χ3v) is 3.97. The van der Waals surface area contributed by atoms with Gasteiger partial charge in [0.05, 0.1) is 12.0 Å². The largest absolute Gasteiger partial charge is 0.494 e. The molecule has 4 aromatic rings. The first-order valence-electron chi connectivity index (χ1n) is 7.83. The molecule has 0 aliphatic carbocycles. The van der Waals surface area contributed by atoms with Crippen LogP contribution in [0.3, 0.4) is 0 Å². The molecular weight excluding hydrogens is 318 g/mol. The van der Waals surface area contributed by atoms with Crippen LogP contribution in [0.2, 0.25) is 0 Å². The Balaban J connectivity index is 1.87. The summed E-state index contributed by atoms with van der Waals surface area (Å²) in [4.78, 5) is 11.9. The molecule has 0 radical (unpaired) electrons. The molecule has 4 rings (SSSR count). The Kier molecular flexibility index (Phi) is 3.51. The molecule has 122 valence electrons. The van der Waals surface area contributed by atoms with Crippen molar-refractivity contribution in [2.24, 2.45) is 0 Å². The fraction of sp³-hybridized carbons (Fsp3) is 0.100. The second kappa shape index (κ2) is 5.84. The second-order valence-corrected chi connectivity index (χ2v) is 5.52. The van der Waals surface area contributed by atoms with Crippen LogP contribution in [0.15, 0.2) is 62.2 Å². The number of hydrogen-bond donors (Lipinski definition) is 0. The molecule has 0 fully saturated rings. The van der Waals surface area contributed by atoms with Crippen molar-refractivity contribution in [2.75, 3.05) is 6.61 Å². The molecule has 5 nitrogen and oxygen atoms in total. The quantitative estimate of drug-likeness (QED) is 0.517. The lowest BCUT2D eigenvalue weighted by Crippen LogP contribution is -2.02. The van der Waals surface area contributed by atoms with Crippen molar-refractivity contribution >= 4 is 21.9 Å². The van der Waals surface area contributed by atoms with Crippen molar-refractivity contribution in [3.63, 3.8) is 0 Å². The molecule has 2 heterocycles. The molecule has 0 aliphatic heterocycles. The van der Waals surface area contributed by atoms with E-state index < -0.39 is 5.63 Å². The SMILES string of the molecule is CCOc1ccc(-c2cc3c(ccc4cc(C#N)c(=O)oc43)o2)cc1. The Bertz CT molecular complexity index is 1180. The fourth-order valence-electron chi connectivity index (χ4n) is 2.79. The lowest BCUT2D eigenvalue weighted by Gasteiger charge is -2.02. The van der Waals surface area contributed by atoms with Crippen LogP contribution in [0, 0.1) is 11.3 Å². The minimum atomic E-state index is -0.647. The van der Waals surface area contributed by atoms with E-state index in [-0.39, 0.29) is 5.56 Å². The van der Waals surface area contributed by atoms with Crippen LogP contribution in [0.4, 0.5) is 0 Å².